The summed E-state index contributed by atoms with van der Waals surface area (Å²) in [5.74, 6) is 0. The molecule has 0 aliphatic carbocycles. The maximum atomic E-state index is 2.43. The lowest BCUT2D eigenvalue weighted by molar-refractivity contribution is 0.785. The molecule has 0 aliphatic rings. The SMILES string of the molecule is C/C=C\C=C/C(N(c1ccccc1)c1ccc(-c2ccc(N(c3ccccc3)c3ccccc3)cc2)cc1)N(c1ccccc1)c1ccc(-c2ccc(N(c3ccccc3)c3ccccc3)cc2)cc1. The van der Waals surface area contributed by atoms with Gasteiger partial charge >= 0.3 is 0 Å². The highest BCUT2D eigenvalue weighted by Crippen LogP contribution is 2.40. The van der Waals surface area contributed by atoms with Gasteiger partial charge in [0.15, 0.2) is 0 Å². The van der Waals surface area contributed by atoms with Crippen molar-refractivity contribution in [2.45, 2.75) is 13.1 Å². The van der Waals surface area contributed by atoms with Crippen molar-refractivity contribution in [3.8, 4) is 22.3 Å². The first-order valence-electron chi connectivity index (χ1n) is 23.9. The van der Waals surface area contributed by atoms with Gasteiger partial charge in [-0.25, -0.2) is 0 Å². The second-order valence-corrected chi connectivity index (χ2v) is 16.9. The smallest absolute Gasteiger partial charge is 0.130 e. The average Bonchev–Trinajstić information content (AvgIpc) is 3.44. The molecule has 70 heavy (non-hydrogen) atoms. The van der Waals surface area contributed by atoms with Crippen molar-refractivity contribution in [3.05, 3.63) is 303 Å². The summed E-state index contributed by atoms with van der Waals surface area (Å²) in [6.45, 7) is 2.06. The number of nitrogens with zero attached hydrogens (tertiary/aromatic N) is 4. The minimum Gasteiger partial charge on any atom is -0.317 e. The highest BCUT2D eigenvalue weighted by molar-refractivity contribution is 5.81. The van der Waals surface area contributed by atoms with E-state index in [1.54, 1.807) is 0 Å². The summed E-state index contributed by atoms with van der Waals surface area (Å²) < 4.78 is 0. The monoisotopic (exact) mass is 902 g/mol. The van der Waals surface area contributed by atoms with Crippen molar-refractivity contribution < 1.29 is 0 Å². The average molecular weight is 903 g/mol. The molecular formula is C66H54N4. The Bertz CT molecular complexity index is 2920. The number of benzene rings is 10. The van der Waals surface area contributed by atoms with E-state index < -0.39 is 0 Å². The predicted molar refractivity (Wildman–Crippen MR) is 298 cm³/mol. The fourth-order valence-electron chi connectivity index (χ4n) is 9.09. The van der Waals surface area contributed by atoms with Gasteiger partial charge in [-0.2, -0.15) is 0 Å². The quantitative estimate of drug-likeness (QED) is 0.0707. The molecule has 0 saturated heterocycles. The van der Waals surface area contributed by atoms with Gasteiger partial charge < -0.3 is 19.6 Å². The molecule has 338 valence electrons. The number of hydrogen-bond donors (Lipinski definition) is 0. The summed E-state index contributed by atoms with van der Waals surface area (Å²) in [5.41, 5.74) is 15.6. The van der Waals surface area contributed by atoms with Crippen molar-refractivity contribution in [2.75, 3.05) is 19.6 Å². The van der Waals surface area contributed by atoms with Crippen molar-refractivity contribution in [3.63, 3.8) is 0 Å². The molecule has 10 aromatic rings. The molecule has 10 rings (SSSR count). The Kier molecular flexibility index (Phi) is 13.8. The Morgan fingerprint density at radius 1 is 0.243 bits per heavy atom. The van der Waals surface area contributed by atoms with Gasteiger partial charge in [-0.15, -0.1) is 0 Å². The van der Waals surface area contributed by atoms with Crippen molar-refractivity contribution in [1.82, 2.24) is 0 Å². The van der Waals surface area contributed by atoms with E-state index in [4.69, 9.17) is 0 Å². The van der Waals surface area contributed by atoms with Crippen LogP contribution in [0.2, 0.25) is 0 Å². The molecule has 0 bridgehead atoms. The van der Waals surface area contributed by atoms with Gasteiger partial charge in [-0.1, -0.05) is 176 Å². The summed E-state index contributed by atoms with van der Waals surface area (Å²) in [7, 11) is 0. The molecule has 4 nitrogen and oxygen atoms in total. The largest absolute Gasteiger partial charge is 0.317 e. The molecule has 0 aliphatic heterocycles. The van der Waals surface area contributed by atoms with Crippen molar-refractivity contribution in [2.24, 2.45) is 0 Å². The number of rotatable bonds is 16. The normalized spacial score (nSPS) is 11.2. The van der Waals surface area contributed by atoms with Crippen LogP contribution >= 0.6 is 0 Å². The van der Waals surface area contributed by atoms with E-state index in [0.717, 1.165) is 79.1 Å². The van der Waals surface area contributed by atoms with Crippen LogP contribution in [0.4, 0.5) is 56.9 Å². The Morgan fingerprint density at radius 2 is 0.457 bits per heavy atom. The molecule has 0 spiro atoms. The second-order valence-electron chi connectivity index (χ2n) is 16.9. The Morgan fingerprint density at radius 3 is 0.714 bits per heavy atom. The van der Waals surface area contributed by atoms with Crippen LogP contribution in [0.5, 0.6) is 0 Å². The zero-order valence-electron chi connectivity index (χ0n) is 39.2. The van der Waals surface area contributed by atoms with Crippen LogP contribution < -0.4 is 19.6 Å². The Hall–Kier alpha value is -9.12. The van der Waals surface area contributed by atoms with Gasteiger partial charge in [-0.05, 0) is 157 Å². The van der Waals surface area contributed by atoms with E-state index >= 15 is 0 Å². The Labute approximate surface area is 413 Å². The predicted octanol–water partition coefficient (Wildman–Crippen LogP) is 18.4. The molecule has 0 heterocycles. The van der Waals surface area contributed by atoms with E-state index in [9.17, 15) is 0 Å². The fourth-order valence-corrected chi connectivity index (χ4v) is 9.09. The minimum atomic E-state index is -0.264. The van der Waals surface area contributed by atoms with E-state index in [-0.39, 0.29) is 6.17 Å². The first-order valence-corrected chi connectivity index (χ1v) is 23.9. The maximum absolute atomic E-state index is 2.43. The topological polar surface area (TPSA) is 13.0 Å². The fraction of sp³-hybridized carbons (Fsp3) is 0.0303. The molecule has 10 aromatic carbocycles. The number of para-hydroxylation sites is 6. The van der Waals surface area contributed by atoms with Crippen LogP contribution in [-0.4, -0.2) is 6.17 Å². The third-order valence-electron chi connectivity index (χ3n) is 12.5. The van der Waals surface area contributed by atoms with Gasteiger partial charge in [-0.3, -0.25) is 0 Å². The number of anilines is 10. The highest BCUT2D eigenvalue weighted by atomic mass is 15.4. The van der Waals surface area contributed by atoms with E-state index in [1.165, 1.54) is 0 Å². The molecule has 0 unspecified atom stereocenters. The maximum Gasteiger partial charge on any atom is 0.130 e. The van der Waals surface area contributed by atoms with Crippen LogP contribution in [0, 0.1) is 0 Å². The van der Waals surface area contributed by atoms with Gasteiger partial charge in [0.1, 0.15) is 6.17 Å². The van der Waals surface area contributed by atoms with Crippen LogP contribution in [0.25, 0.3) is 22.3 Å². The molecule has 0 amide bonds. The minimum absolute atomic E-state index is 0.264. The summed E-state index contributed by atoms with van der Waals surface area (Å²) in [6.07, 6.45) is 8.36. The van der Waals surface area contributed by atoms with Gasteiger partial charge in [0.25, 0.3) is 0 Å². The van der Waals surface area contributed by atoms with Crippen LogP contribution in [0.3, 0.4) is 0 Å². The molecule has 0 fully saturated rings. The van der Waals surface area contributed by atoms with E-state index in [0.29, 0.717) is 0 Å². The standard InChI is InChI=1S/C66H54N4/c1-2-3-10-35-66(69(60-31-19-8-20-32-60)64-48-40-54(41-49-64)52-36-44-62(45-37-52)67(56-23-11-4-12-24-56)57-25-13-5-14-26-57)70(61-33-21-9-22-34-61)65-50-42-55(43-51-65)53-38-46-63(47-39-53)68(58-27-15-6-16-28-58)59-29-17-7-18-30-59/h2-51,66H,1H3/b3-2-,35-10-. The van der Waals surface area contributed by atoms with Gasteiger partial charge in [0, 0.05) is 56.9 Å². The van der Waals surface area contributed by atoms with E-state index in [1.807, 2.05) is 0 Å². The number of allylic oxidation sites excluding steroid dienone is 3. The van der Waals surface area contributed by atoms with Crippen molar-refractivity contribution >= 4 is 56.9 Å². The lowest BCUT2D eigenvalue weighted by Gasteiger charge is -2.41. The van der Waals surface area contributed by atoms with Gasteiger partial charge in [0.2, 0.25) is 0 Å². The number of hydrogen-bond acceptors (Lipinski definition) is 4. The van der Waals surface area contributed by atoms with Crippen LogP contribution in [0.1, 0.15) is 6.92 Å². The highest BCUT2D eigenvalue weighted by Gasteiger charge is 2.27. The molecule has 0 aromatic heterocycles. The summed E-state index contributed by atoms with van der Waals surface area (Å²) in [4.78, 5) is 9.44. The zero-order chi connectivity index (χ0) is 47.3. The first-order chi connectivity index (χ1) is 34.7. The molecule has 0 saturated carbocycles. The van der Waals surface area contributed by atoms with Crippen LogP contribution in [0.15, 0.2) is 303 Å². The van der Waals surface area contributed by atoms with Gasteiger partial charge in [0.05, 0.1) is 0 Å². The third-order valence-corrected chi connectivity index (χ3v) is 12.5. The molecule has 0 radical (unpaired) electrons. The van der Waals surface area contributed by atoms with Crippen molar-refractivity contribution in [1.29, 1.82) is 0 Å². The molecule has 4 heteroatoms. The van der Waals surface area contributed by atoms with Crippen LogP contribution in [-0.2, 0) is 0 Å². The molecule has 0 atom stereocenters. The first kappa shape index (κ1) is 44.7. The molecular weight excluding hydrogens is 849 g/mol. The lowest BCUT2D eigenvalue weighted by Crippen LogP contribution is -2.43. The lowest BCUT2D eigenvalue weighted by atomic mass is 10.0. The second kappa shape index (κ2) is 21.7. The van der Waals surface area contributed by atoms with E-state index in [2.05, 4.69) is 330 Å². The summed E-state index contributed by atoms with van der Waals surface area (Å²) in [5, 5.41) is 0. The third kappa shape index (κ3) is 10.1. The summed E-state index contributed by atoms with van der Waals surface area (Å²) >= 11 is 0. The molecule has 0 N–H and O–H groups in total. The zero-order valence-corrected chi connectivity index (χ0v) is 39.2. The summed E-state index contributed by atoms with van der Waals surface area (Å²) in [6, 6.07) is 99.3. The Balaban J connectivity index is 0.986.